The standard InChI is InChI=1S/C14H10BrClFNO2/c15-12-5-9(16)2-1-8(12)7-18-10-3-4-13(17)11(6-10)14(19)20/h1-6,18H,7H2,(H,19,20). The van der Waals surface area contributed by atoms with Crippen molar-refractivity contribution in [3.8, 4) is 0 Å². The molecule has 0 unspecified atom stereocenters. The molecule has 0 bridgehead atoms. The van der Waals surface area contributed by atoms with E-state index in [0.29, 0.717) is 17.3 Å². The SMILES string of the molecule is O=C(O)c1cc(NCc2ccc(Cl)cc2Br)ccc1F. The van der Waals surface area contributed by atoms with Crippen molar-refractivity contribution in [2.45, 2.75) is 6.54 Å². The fourth-order valence-electron chi connectivity index (χ4n) is 1.66. The second-order valence-electron chi connectivity index (χ2n) is 4.09. The summed E-state index contributed by atoms with van der Waals surface area (Å²) < 4.78 is 14.1. The van der Waals surface area contributed by atoms with Gasteiger partial charge in [-0.2, -0.15) is 0 Å². The summed E-state index contributed by atoms with van der Waals surface area (Å²) in [5.74, 6) is -2.05. The number of benzene rings is 2. The van der Waals surface area contributed by atoms with Crippen LogP contribution in [0.5, 0.6) is 0 Å². The zero-order chi connectivity index (χ0) is 14.7. The van der Waals surface area contributed by atoms with E-state index in [4.69, 9.17) is 16.7 Å². The predicted octanol–water partition coefficient (Wildman–Crippen LogP) is 4.55. The molecule has 0 saturated carbocycles. The quantitative estimate of drug-likeness (QED) is 0.843. The van der Waals surface area contributed by atoms with Gasteiger partial charge in [0.1, 0.15) is 5.82 Å². The number of hydrogen-bond donors (Lipinski definition) is 2. The number of carboxylic acids is 1. The summed E-state index contributed by atoms with van der Waals surface area (Å²) in [6.07, 6.45) is 0. The molecular formula is C14H10BrClFNO2. The lowest BCUT2D eigenvalue weighted by Gasteiger charge is -2.09. The van der Waals surface area contributed by atoms with Crippen LogP contribution in [0.25, 0.3) is 0 Å². The Morgan fingerprint density at radius 2 is 2.05 bits per heavy atom. The van der Waals surface area contributed by atoms with E-state index in [9.17, 15) is 9.18 Å². The van der Waals surface area contributed by atoms with E-state index in [2.05, 4.69) is 21.2 Å². The zero-order valence-corrected chi connectivity index (χ0v) is 12.5. The molecule has 104 valence electrons. The average molecular weight is 359 g/mol. The lowest BCUT2D eigenvalue weighted by molar-refractivity contribution is 0.0692. The molecule has 2 aromatic rings. The van der Waals surface area contributed by atoms with Crippen molar-refractivity contribution < 1.29 is 14.3 Å². The highest BCUT2D eigenvalue weighted by Crippen LogP contribution is 2.23. The highest BCUT2D eigenvalue weighted by Gasteiger charge is 2.10. The van der Waals surface area contributed by atoms with Gasteiger partial charge in [-0.3, -0.25) is 0 Å². The largest absolute Gasteiger partial charge is 0.478 e. The Balaban J connectivity index is 2.15. The molecule has 0 aromatic heterocycles. The molecule has 0 aliphatic heterocycles. The minimum Gasteiger partial charge on any atom is -0.478 e. The van der Waals surface area contributed by atoms with Crippen LogP contribution in [0.1, 0.15) is 15.9 Å². The van der Waals surface area contributed by atoms with Crippen molar-refractivity contribution in [1.82, 2.24) is 0 Å². The van der Waals surface area contributed by atoms with E-state index in [1.807, 2.05) is 6.07 Å². The van der Waals surface area contributed by atoms with Gasteiger partial charge in [-0.15, -0.1) is 0 Å². The number of hydrogen-bond acceptors (Lipinski definition) is 2. The molecule has 0 aliphatic carbocycles. The summed E-state index contributed by atoms with van der Waals surface area (Å²) in [4.78, 5) is 10.8. The molecule has 0 heterocycles. The smallest absolute Gasteiger partial charge is 0.338 e. The second kappa shape index (κ2) is 6.24. The van der Waals surface area contributed by atoms with Crippen molar-refractivity contribution in [2.24, 2.45) is 0 Å². The van der Waals surface area contributed by atoms with Gasteiger partial charge in [0, 0.05) is 21.7 Å². The van der Waals surface area contributed by atoms with Crippen molar-refractivity contribution in [2.75, 3.05) is 5.32 Å². The van der Waals surface area contributed by atoms with Crippen molar-refractivity contribution in [3.05, 3.63) is 62.8 Å². The molecule has 0 atom stereocenters. The minimum atomic E-state index is -1.29. The first-order valence-corrected chi connectivity index (χ1v) is 6.85. The highest BCUT2D eigenvalue weighted by molar-refractivity contribution is 9.10. The van der Waals surface area contributed by atoms with E-state index in [0.717, 1.165) is 16.1 Å². The maximum atomic E-state index is 13.3. The fraction of sp³-hybridized carbons (Fsp3) is 0.0714. The lowest BCUT2D eigenvalue weighted by Crippen LogP contribution is -2.04. The number of rotatable bonds is 4. The molecule has 2 aromatic carbocycles. The Morgan fingerprint density at radius 1 is 1.30 bits per heavy atom. The Morgan fingerprint density at radius 3 is 2.70 bits per heavy atom. The van der Waals surface area contributed by atoms with Crippen molar-refractivity contribution in [1.29, 1.82) is 0 Å². The van der Waals surface area contributed by atoms with Gasteiger partial charge in [0.2, 0.25) is 0 Å². The molecule has 0 saturated heterocycles. The summed E-state index contributed by atoms with van der Waals surface area (Å²) in [5, 5.41) is 12.5. The molecule has 20 heavy (non-hydrogen) atoms. The average Bonchev–Trinajstić information content (AvgIpc) is 2.39. The van der Waals surface area contributed by atoms with E-state index in [1.54, 1.807) is 12.1 Å². The lowest BCUT2D eigenvalue weighted by atomic mass is 10.1. The number of anilines is 1. The van der Waals surface area contributed by atoms with Gasteiger partial charge in [-0.05, 0) is 35.9 Å². The molecule has 0 fully saturated rings. The van der Waals surface area contributed by atoms with Crippen LogP contribution < -0.4 is 5.32 Å². The van der Waals surface area contributed by atoms with Crippen molar-refractivity contribution in [3.63, 3.8) is 0 Å². The Hall–Kier alpha value is -1.59. The highest BCUT2D eigenvalue weighted by atomic mass is 79.9. The number of nitrogens with one attached hydrogen (secondary N) is 1. The molecule has 0 radical (unpaired) electrons. The van der Waals surface area contributed by atoms with Crippen LogP contribution in [-0.4, -0.2) is 11.1 Å². The van der Waals surface area contributed by atoms with E-state index >= 15 is 0 Å². The maximum absolute atomic E-state index is 13.3. The van der Waals surface area contributed by atoms with E-state index in [-0.39, 0.29) is 5.56 Å². The topological polar surface area (TPSA) is 49.3 Å². The summed E-state index contributed by atoms with van der Waals surface area (Å²) in [6, 6.07) is 9.26. The fourth-order valence-corrected chi connectivity index (χ4v) is 2.48. The molecule has 0 amide bonds. The molecule has 2 N–H and O–H groups in total. The molecule has 3 nitrogen and oxygen atoms in total. The Bertz CT molecular complexity index is 664. The summed E-state index contributed by atoms with van der Waals surface area (Å²) in [5.41, 5.74) is 1.13. The summed E-state index contributed by atoms with van der Waals surface area (Å²) >= 11 is 9.24. The van der Waals surface area contributed by atoms with Crippen LogP contribution >= 0.6 is 27.5 Å². The van der Waals surface area contributed by atoms with Gasteiger partial charge in [-0.25, -0.2) is 9.18 Å². The van der Waals surface area contributed by atoms with Crippen molar-refractivity contribution >= 4 is 39.2 Å². The number of aromatic carboxylic acids is 1. The van der Waals surface area contributed by atoms with Crippen LogP contribution in [-0.2, 0) is 6.54 Å². The van der Waals surface area contributed by atoms with Crippen LogP contribution in [0.3, 0.4) is 0 Å². The summed E-state index contributed by atoms with van der Waals surface area (Å²) in [7, 11) is 0. The van der Waals surface area contributed by atoms with Crippen LogP contribution in [0.2, 0.25) is 5.02 Å². The first-order valence-electron chi connectivity index (χ1n) is 5.68. The second-order valence-corrected chi connectivity index (χ2v) is 5.38. The number of carbonyl (C=O) groups is 1. The van der Waals surface area contributed by atoms with Crippen LogP contribution in [0, 0.1) is 5.82 Å². The minimum absolute atomic E-state index is 0.356. The number of carboxylic acid groups (broad SMARTS) is 1. The van der Waals surface area contributed by atoms with Gasteiger partial charge >= 0.3 is 5.97 Å². The third kappa shape index (κ3) is 3.49. The Kier molecular flexibility index (Phi) is 4.62. The Labute approximate surface area is 128 Å². The summed E-state index contributed by atoms with van der Waals surface area (Å²) in [6.45, 7) is 0.461. The molecule has 0 aliphatic rings. The van der Waals surface area contributed by atoms with Gasteiger partial charge in [-0.1, -0.05) is 33.6 Å². The van der Waals surface area contributed by atoms with Crippen LogP contribution in [0.4, 0.5) is 10.1 Å². The monoisotopic (exact) mass is 357 g/mol. The zero-order valence-electron chi connectivity index (χ0n) is 10.2. The van der Waals surface area contributed by atoms with Gasteiger partial charge in [0.25, 0.3) is 0 Å². The van der Waals surface area contributed by atoms with Crippen LogP contribution in [0.15, 0.2) is 40.9 Å². The molecule has 2 rings (SSSR count). The first-order chi connectivity index (χ1) is 9.47. The van der Waals surface area contributed by atoms with E-state index < -0.39 is 11.8 Å². The molecular weight excluding hydrogens is 349 g/mol. The normalized spacial score (nSPS) is 10.3. The third-order valence-electron chi connectivity index (χ3n) is 2.69. The number of halogens is 3. The molecule has 6 heteroatoms. The van der Waals surface area contributed by atoms with Gasteiger partial charge in [0.05, 0.1) is 5.56 Å². The maximum Gasteiger partial charge on any atom is 0.338 e. The molecule has 0 spiro atoms. The van der Waals surface area contributed by atoms with E-state index in [1.165, 1.54) is 12.1 Å². The predicted molar refractivity (Wildman–Crippen MR) is 79.8 cm³/mol. The third-order valence-corrected chi connectivity index (χ3v) is 3.67. The first kappa shape index (κ1) is 14.8. The van der Waals surface area contributed by atoms with Gasteiger partial charge in [0.15, 0.2) is 0 Å². The van der Waals surface area contributed by atoms with Gasteiger partial charge < -0.3 is 10.4 Å².